The van der Waals surface area contributed by atoms with Gasteiger partial charge in [-0.2, -0.15) is 18.3 Å². The summed E-state index contributed by atoms with van der Waals surface area (Å²) in [5.41, 5.74) is -3.31. The third kappa shape index (κ3) is 3.31. The van der Waals surface area contributed by atoms with Crippen LogP contribution in [-0.4, -0.2) is 37.2 Å². The lowest BCUT2D eigenvalue weighted by molar-refractivity contribution is -0.271. The number of aromatic nitrogens is 4. The second kappa shape index (κ2) is 6.55. The van der Waals surface area contributed by atoms with E-state index < -0.39 is 29.6 Å². The lowest BCUT2D eigenvalue weighted by atomic mass is 9.97. The van der Waals surface area contributed by atoms with E-state index >= 15 is 0 Å². The molecule has 0 aliphatic heterocycles. The van der Waals surface area contributed by atoms with Crippen LogP contribution in [0.2, 0.25) is 0 Å². The molecule has 0 spiro atoms. The fraction of sp³-hybridized carbons (Fsp3) is 0.462. The van der Waals surface area contributed by atoms with E-state index in [0.29, 0.717) is 0 Å². The van der Waals surface area contributed by atoms with Gasteiger partial charge in [0.2, 0.25) is 5.60 Å². The number of nitrogens with zero attached hydrogens (tertiary/aromatic N) is 4. The van der Waals surface area contributed by atoms with Crippen molar-refractivity contribution in [3.8, 4) is 0 Å². The molecular weight excluding hydrogens is 395 g/mol. The summed E-state index contributed by atoms with van der Waals surface area (Å²) < 4.78 is 42.4. The summed E-state index contributed by atoms with van der Waals surface area (Å²) in [6, 6.07) is 0. The molecular formula is C13H15BrF3N5O2. The van der Waals surface area contributed by atoms with Gasteiger partial charge in [0.1, 0.15) is 10.3 Å². The van der Waals surface area contributed by atoms with Gasteiger partial charge in [-0.25, -0.2) is 9.67 Å². The highest BCUT2D eigenvalue weighted by atomic mass is 79.9. The van der Waals surface area contributed by atoms with Gasteiger partial charge in [-0.05, 0) is 15.9 Å². The smallest absolute Gasteiger partial charge is 0.383 e. The Labute approximate surface area is 143 Å². The zero-order valence-electron chi connectivity index (χ0n) is 12.8. The first-order chi connectivity index (χ1) is 11.1. The minimum Gasteiger partial charge on any atom is -0.383 e. The number of halogens is 4. The van der Waals surface area contributed by atoms with Gasteiger partial charge in [0.15, 0.2) is 0 Å². The van der Waals surface area contributed by atoms with Crippen LogP contribution in [0.4, 0.5) is 18.9 Å². The zero-order chi connectivity index (χ0) is 18.1. The SMILES string of the molecule is Cn1ccnc1C(O)(CCNc1cnn(C)c(=O)c1Br)C(F)(F)F. The van der Waals surface area contributed by atoms with Crippen LogP contribution in [0.15, 0.2) is 27.9 Å². The first kappa shape index (κ1) is 18.5. The maximum absolute atomic E-state index is 13.4. The van der Waals surface area contributed by atoms with Crippen molar-refractivity contribution in [3.63, 3.8) is 0 Å². The highest BCUT2D eigenvalue weighted by Crippen LogP contribution is 2.40. The van der Waals surface area contributed by atoms with Gasteiger partial charge in [0, 0.05) is 39.5 Å². The molecule has 0 bridgehead atoms. The van der Waals surface area contributed by atoms with Crippen LogP contribution in [0.1, 0.15) is 12.2 Å². The topological polar surface area (TPSA) is 85.0 Å². The Morgan fingerprint density at radius 1 is 1.38 bits per heavy atom. The second-order valence-corrected chi connectivity index (χ2v) is 5.99. The number of aryl methyl sites for hydroxylation is 2. The third-order valence-corrected chi connectivity index (χ3v) is 4.31. The molecule has 132 valence electrons. The van der Waals surface area contributed by atoms with Crippen molar-refractivity contribution in [2.75, 3.05) is 11.9 Å². The molecule has 0 saturated heterocycles. The number of aliphatic hydroxyl groups is 1. The maximum Gasteiger partial charge on any atom is 0.424 e. The molecule has 0 fully saturated rings. The molecule has 1 unspecified atom stereocenters. The lowest BCUT2D eigenvalue weighted by Gasteiger charge is -2.30. The lowest BCUT2D eigenvalue weighted by Crippen LogP contribution is -2.45. The van der Waals surface area contributed by atoms with Gasteiger partial charge in [-0.1, -0.05) is 0 Å². The summed E-state index contributed by atoms with van der Waals surface area (Å²) in [6.07, 6.45) is -1.79. The van der Waals surface area contributed by atoms with Crippen LogP contribution >= 0.6 is 15.9 Å². The number of rotatable bonds is 5. The molecule has 0 aromatic carbocycles. The average Bonchev–Trinajstić information content (AvgIpc) is 2.92. The van der Waals surface area contributed by atoms with E-state index in [2.05, 4.69) is 31.3 Å². The molecule has 0 saturated carbocycles. The van der Waals surface area contributed by atoms with E-state index in [9.17, 15) is 23.1 Å². The van der Waals surface area contributed by atoms with Crippen molar-refractivity contribution in [1.82, 2.24) is 19.3 Å². The molecule has 2 rings (SSSR count). The Bertz CT molecular complexity index is 789. The minimum absolute atomic E-state index is 0.146. The van der Waals surface area contributed by atoms with Crippen LogP contribution in [0, 0.1) is 0 Å². The predicted molar refractivity (Wildman–Crippen MR) is 83.4 cm³/mol. The second-order valence-electron chi connectivity index (χ2n) is 5.20. The van der Waals surface area contributed by atoms with Gasteiger partial charge in [0.25, 0.3) is 5.56 Å². The third-order valence-electron chi connectivity index (χ3n) is 3.54. The number of anilines is 1. The number of hydrogen-bond acceptors (Lipinski definition) is 5. The molecule has 7 nitrogen and oxygen atoms in total. The van der Waals surface area contributed by atoms with Crippen molar-refractivity contribution in [1.29, 1.82) is 0 Å². The molecule has 0 radical (unpaired) electrons. The maximum atomic E-state index is 13.4. The Kier molecular flexibility index (Phi) is 5.04. The number of hydrogen-bond donors (Lipinski definition) is 2. The van der Waals surface area contributed by atoms with Gasteiger partial charge in [0.05, 0.1) is 11.9 Å². The van der Waals surface area contributed by atoms with Crippen molar-refractivity contribution >= 4 is 21.6 Å². The standard InChI is InChI=1S/C13H15BrF3N5O2/c1-21-6-5-19-11(21)12(24,13(15,16)17)3-4-18-8-7-20-22(2)10(23)9(8)14/h5-7,18,24H,3-4H2,1-2H3. The van der Waals surface area contributed by atoms with E-state index in [-0.39, 0.29) is 16.7 Å². The van der Waals surface area contributed by atoms with Crippen LogP contribution < -0.4 is 10.9 Å². The quantitative estimate of drug-likeness (QED) is 0.781. The van der Waals surface area contributed by atoms with Crippen LogP contribution in [0.3, 0.4) is 0 Å². The molecule has 2 aromatic heterocycles. The van der Waals surface area contributed by atoms with Gasteiger partial charge >= 0.3 is 6.18 Å². The molecule has 2 heterocycles. The minimum atomic E-state index is -4.91. The van der Waals surface area contributed by atoms with Crippen molar-refractivity contribution in [3.05, 3.63) is 39.2 Å². The molecule has 2 aromatic rings. The number of nitrogens with one attached hydrogen (secondary N) is 1. The summed E-state index contributed by atoms with van der Waals surface area (Å²) in [5.74, 6) is -0.502. The zero-order valence-corrected chi connectivity index (χ0v) is 14.4. The normalized spacial score (nSPS) is 14.5. The van der Waals surface area contributed by atoms with Gasteiger partial charge < -0.3 is 15.0 Å². The monoisotopic (exact) mass is 409 g/mol. The summed E-state index contributed by atoms with van der Waals surface area (Å²) in [4.78, 5) is 15.3. The first-order valence-corrected chi connectivity index (χ1v) is 7.60. The van der Waals surface area contributed by atoms with Crippen molar-refractivity contribution in [2.45, 2.75) is 18.2 Å². The Morgan fingerprint density at radius 2 is 2.04 bits per heavy atom. The predicted octanol–water partition coefficient (Wildman–Crippen LogP) is 1.53. The first-order valence-electron chi connectivity index (χ1n) is 6.80. The Hall–Kier alpha value is -1.88. The molecule has 2 N–H and O–H groups in total. The van der Waals surface area contributed by atoms with Crippen molar-refractivity contribution < 1.29 is 18.3 Å². The van der Waals surface area contributed by atoms with E-state index in [1.807, 2.05) is 0 Å². The Morgan fingerprint density at radius 3 is 2.58 bits per heavy atom. The highest BCUT2D eigenvalue weighted by molar-refractivity contribution is 9.10. The summed E-state index contributed by atoms with van der Waals surface area (Å²) in [6.45, 7) is -0.254. The van der Waals surface area contributed by atoms with Crippen LogP contribution in [-0.2, 0) is 19.7 Å². The number of imidazole rings is 1. The number of alkyl halides is 3. The van der Waals surface area contributed by atoms with Crippen LogP contribution in [0.5, 0.6) is 0 Å². The Balaban J connectivity index is 2.20. The molecule has 0 amide bonds. The van der Waals surface area contributed by atoms with E-state index in [0.717, 1.165) is 9.25 Å². The van der Waals surface area contributed by atoms with E-state index in [1.165, 1.54) is 32.7 Å². The van der Waals surface area contributed by atoms with Crippen LogP contribution in [0.25, 0.3) is 0 Å². The molecule has 1 atom stereocenters. The molecule has 24 heavy (non-hydrogen) atoms. The van der Waals surface area contributed by atoms with Gasteiger partial charge in [-0.15, -0.1) is 0 Å². The molecule has 11 heteroatoms. The highest BCUT2D eigenvalue weighted by Gasteiger charge is 2.57. The summed E-state index contributed by atoms with van der Waals surface area (Å²) >= 11 is 3.06. The summed E-state index contributed by atoms with van der Waals surface area (Å²) in [7, 11) is 2.81. The molecule has 0 aliphatic rings. The van der Waals surface area contributed by atoms with E-state index in [4.69, 9.17) is 0 Å². The fourth-order valence-corrected chi connectivity index (χ4v) is 2.66. The fourth-order valence-electron chi connectivity index (χ4n) is 2.16. The van der Waals surface area contributed by atoms with E-state index in [1.54, 1.807) is 0 Å². The summed E-state index contributed by atoms with van der Waals surface area (Å²) in [5, 5.41) is 16.6. The molecule has 0 aliphatic carbocycles. The largest absolute Gasteiger partial charge is 0.424 e. The van der Waals surface area contributed by atoms with Crippen molar-refractivity contribution in [2.24, 2.45) is 14.1 Å². The van der Waals surface area contributed by atoms with Gasteiger partial charge in [-0.3, -0.25) is 4.79 Å². The average molecular weight is 410 g/mol.